The van der Waals surface area contributed by atoms with E-state index in [1.54, 1.807) is 0 Å². The van der Waals surface area contributed by atoms with E-state index in [1.165, 1.54) is 5.56 Å². The summed E-state index contributed by atoms with van der Waals surface area (Å²) >= 11 is 0. The third kappa shape index (κ3) is 6.42. The van der Waals surface area contributed by atoms with Gasteiger partial charge in [-0.2, -0.15) is 0 Å². The normalized spacial score (nSPS) is 10.3. The molecule has 3 nitrogen and oxygen atoms in total. The van der Waals surface area contributed by atoms with E-state index in [9.17, 15) is 0 Å². The molecule has 1 aromatic rings. The maximum atomic E-state index is 5.58. The molecule has 0 fully saturated rings. The highest BCUT2D eigenvalue weighted by atomic mass is 16.5. The molecule has 0 radical (unpaired) electrons. The lowest BCUT2D eigenvalue weighted by molar-refractivity contribution is 0.0988. The highest BCUT2D eigenvalue weighted by molar-refractivity contribution is 5.27. The molecule has 0 aliphatic rings. The molecule has 0 aromatic heterocycles. The van der Waals surface area contributed by atoms with Crippen LogP contribution in [0.4, 0.5) is 0 Å². The summed E-state index contributed by atoms with van der Waals surface area (Å²) in [5.41, 5.74) is 1.26. The van der Waals surface area contributed by atoms with Crippen LogP contribution in [-0.4, -0.2) is 26.9 Å². The highest BCUT2D eigenvalue weighted by Gasteiger charge is 1.95. The standard InChI is InChI=1S/C15H23NO2/c1-3-4-5-10-17-11-12-18-15-8-6-14(7-9-15)13-16-2/h3,6-9,16H,1,4-5,10-13H2,2H3. The molecular weight excluding hydrogens is 226 g/mol. The van der Waals surface area contributed by atoms with Crippen LogP contribution in [0.15, 0.2) is 36.9 Å². The Balaban J connectivity index is 2.09. The van der Waals surface area contributed by atoms with Crippen molar-refractivity contribution in [3.8, 4) is 5.75 Å². The average molecular weight is 249 g/mol. The lowest BCUT2D eigenvalue weighted by Crippen LogP contribution is -2.08. The van der Waals surface area contributed by atoms with E-state index in [1.807, 2.05) is 25.3 Å². The Morgan fingerprint density at radius 1 is 1.17 bits per heavy atom. The van der Waals surface area contributed by atoms with Gasteiger partial charge >= 0.3 is 0 Å². The molecular formula is C15H23NO2. The molecule has 0 atom stereocenters. The van der Waals surface area contributed by atoms with Crippen LogP contribution in [0.25, 0.3) is 0 Å². The van der Waals surface area contributed by atoms with Gasteiger partial charge in [-0.15, -0.1) is 6.58 Å². The smallest absolute Gasteiger partial charge is 0.119 e. The van der Waals surface area contributed by atoms with Crippen molar-refractivity contribution in [2.45, 2.75) is 19.4 Å². The van der Waals surface area contributed by atoms with Gasteiger partial charge in [-0.1, -0.05) is 18.2 Å². The fourth-order valence-corrected chi connectivity index (χ4v) is 1.56. The first-order chi connectivity index (χ1) is 8.86. The lowest BCUT2D eigenvalue weighted by atomic mass is 10.2. The average Bonchev–Trinajstić information content (AvgIpc) is 2.40. The number of hydrogen-bond donors (Lipinski definition) is 1. The minimum absolute atomic E-state index is 0.597. The summed E-state index contributed by atoms with van der Waals surface area (Å²) in [5.74, 6) is 0.893. The van der Waals surface area contributed by atoms with Crippen molar-refractivity contribution in [3.05, 3.63) is 42.5 Å². The van der Waals surface area contributed by atoms with Gasteiger partial charge in [0.05, 0.1) is 6.61 Å². The highest BCUT2D eigenvalue weighted by Crippen LogP contribution is 2.11. The van der Waals surface area contributed by atoms with Gasteiger partial charge in [-0.25, -0.2) is 0 Å². The molecule has 0 unspecified atom stereocenters. The maximum Gasteiger partial charge on any atom is 0.119 e. The number of hydrogen-bond acceptors (Lipinski definition) is 3. The molecule has 1 N–H and O–H groups in total. The van der Waals surface area contributed by atoms with Crippen LogP contribution in [-0.2, 0) is 11.3 Å². The van der Waals surface area contributed by atoms with Gasteiger partial charge in [-0.05, 0) is 37.6 Å². The number of ether oxygens (including phenoxy) is 2. The quantitative estimate of drug-likeness (QED) is 0.511. The van der Waals surface area contributed by atoms with E-state index in [2.05, 4.69) is 24.0 Å². The van der Waals surface area contributed by atoms with Crippen molar-refractivity contribution in [1.82, 2.24) is 5.32 Å². The van der Waals surface area contributed by atoms with Crippen LogP contribution >= 0.6 is 0 Å². The SMILES string of the molecule is C=CCCCOCCOc1ccc(CNC)cc1. The molecule has 100 valence electrons. The summed E-state index contributed by atoms with van der Waals surface area (Å²) in [5, 5.41) is 3.11. The Kier molecular flexibility index (Phi) is 7.93. The van der Waals surface area contributed by atoms with Gasteiger partial charge in [0.25, 0.3) is 0 Å². The van der Waals surface area contributed by atoms with Crippen molar-refractivity contribution in [1.29, 1.82) is 0 Å². The Bertz CT molecular complexity index is 322. The zero-order chi connectivity index (χ0) is 13.1. The zero-order valence-electron chi connectivity index (χ0n) is 11.2. The van der Waals surface area contributed by atoms with Crippen molar-refractivity contribution < 1.29 is 9.47 Å². The first kappa shape index (κ1) is 14.7. The van der Waals surface area contributed by atoms with Gasteiger partial charge < -0.3 is 14.8 Å². The number of allylic oxidation sites excluding steroid dienone is 1. The van der Waals surface area contributed by atoms with Crippen LogP contribution in [0.1, 0.15) is 18.4 Å². The second-order valence-corrected chi connectivity index (χ2v) is 4.07. The fourth-order valence-electron chi connectivity index (χ4n) is 1.56. The van der Waals surface area contributed by atoms with E-state index in [4.69, 9.17) is 9.47 Å². The summed E-state index contributed by atoms with van der Waals surface area (Å²) in [6, 6.07) is 8.11. The minimum Gasteiger partial charge on any atom is -0.491 e. The molecule has 0 saturated heterocycles. The predicted octanol–water partition coefficient (Wildman–Crippen LogP) is 2.77. The van der Waals surface area contributed by atoms with Gasteiger partial charge in [-0.3, -0.25) is 0 Å². The van der Waals surface area contributed by atoms with Crippen LogP contribution in [0.2, 0.25) is 0 Å². The van der Waals surface area contributed by atoms with Crippen LogP contribution in [0.5, 0.6) is 5.75 Å². The maximum absolute atomic E-state index is 5.58. The molecule has 0 bridgehead atoms. The second kappa shape index (κ2) is 9.68. The van der Waals surface area contributed by atoms with Crippen LogP contribution in [0.3, 0.4) is 0 Å². The van der Waals surface area contributed by atoms with E-state index in [0.29, 0.717) is 13.2 Å². The van der Waals surface area contributed by atoms with Crippen molar-refractivity contribution in [2.24, 2.45) is 0 Å². The van der Waals surface area contributed by atoms with E-state index < -0.39 is 0 Å². The van der Waals surface area contributed by atoms with E-state index >= 15 is 0 Å². The number of rotatable bonds is 10. The first-order valence-electron chi connectivity index (χ1n) is 6.42. The van der Waals surface area contributed by atoms with Crippen molar-refractivity contribution >= 4 is 0 Å². The number of unbranched alkanes of at least 4 members (excludes halogenated alkanes) is 1. The first-order valence-corrected chi connectivity index (χ1v) is 6.42. The van der Waals surface area contributed by atoms with Gasteiger partial charge in [0.2, 0.25) is 0 Å². The molecule has 0 aliphatic heterocycles. The van der Waals surface area contributed by atoms with Gasteiger partial charge in [0.15, 0.2) is 0 Å². The number of benzene rings is 1. The minimum atomic E-state index is 0.597. The molecule has 0 spiro atoms. The third-order valence-electron chi connectivity index (χ3n) is 2.50. The Morgan fingerprint density at radius 2 is 1.94 bits per heavy atom. The summed E-state index contributed by atoms with van der Waals surface area (Å²) in [7, 11) is 1.94. The Hall–Kier alpha value is -1.32. The Labute approximate surface area is 110 Å². The zero-order valence-corrected chi connectivity index (χ0v) is 11.2. The molecule has 0 saturated carbocycles. The summed E-state index contributed by atoms with van der Waals surface area (Å²) < 4.78 is 11.0. The van der Waals surface area contributed by atoms with E-state index in [0.717, 1.165) is 31.7 Å². The van der Waals surface area contributed by atoms with Crippen LogP contribution < -0.4 is 10.1 Å². The largest absolute Gasteiger partial charge is 0.491 e. The van der Waals surface area contributed by atoms with Crippen LogP contribution in [0, 0.1) is 0 Å². The van der Waals surface area contributed by atoms with E-state index in [-0.39, 0.29) is 0 Å². The third-order valence-corrected chi connectivity index (χ3v) is 2.50. The monoisotopic (exact) mass is 249 g/mol. The molecule has 0 heterocycles. The summed E-state index contributed by atoms with van der Waals surface area (Å²) in [6.45, 7) is 6.56. The second-order valence-electron chi connectivity index (χ2n) is 4.07. The molecule has 0 amide bonds. The molecule has 1 rings (SSSR count). The Morgan fingerprint density at radius 3 is 2.61 bits per heavy atom. The summed E-state index contributed by atoms with van der Waals surface area (Å²) in [6.07, 6.45) is 3.95. The number of nitrogens with one attached hydrogen (secondary N) is 1. The summed E-state index contributed by atoms with van der Waals surface area (Å²) in [4.78, 5) is 0. The molecule has 18 heavy (non-hydrogen) atoms. The lowest BCUT2D eigenvalue weighted by Gasteiger charge is -2.07. The molecule has 0 aliphatic carbocycles. The fraction of sp³-hybridized carbons (Fsp3) is 0.467. The van der Waals surface area contributed by atoms with Gasteiger partial charge in [0.1, 0.15) is 12.4 Å². The van der Waals surface area contributed by atoms with Gasteiger partial charge in [0, 0.05) is 13.2 Å². The predicted molar refractivity (Wildman–Crippen MR) is 75.0 cm³/mol. The van der Waals surface area contributed by atoms with Crippen molar-refractivity contribution in [2.75, 3.05) is 26.9 Å². The molecule has 1 aromatic carbocycles. The molecule has 3 heteroatoms. The topological polar surface area (TPSA) is 30.5 Å². The van der Waals surface area contributed by atoms with Crippen molar-refractivity contribution in [3.63, 3.8) is 0 Å².